The van der Waals surface area contributed by atoms with Gasteiger partial charge in [0.25, 0.3) is 0 Å². The maximum absolute atomic E-state index is 11.1. The topological polar surface area (TPSA) is 0 Å². The second-order valence-corrected chi connectivity index (χ2v) is 3.35. The molecule has 0 rings (SSSR count). The van der Waals surface area contributed by atoms with E-state index in [1.165, 1.54) is 6.42 Å². The average Bonchev–Trinajstić information content (AvgIpc) is 1.89. The Morgan fingerprint density at radius 3 is 1.20 bits per heavy atom. The molecule has 64 valence electrons. The number of hydrogen-bond donors (Lipinski definition) is 0. The number of alkyl halides is 1. The third-order valence-corrected chi connectivity index (χ3v) is 1.13. The standard InChI is InChI=1S/C5H12.C4H9F/c1-4-5(2)3;1-4(2)3-5/h5H,4H2,1-3H3;4H,3H2,1-2H3. The summed E-state index contributed by atoms with van der Waals surface area (Å²) in [4.78, 5) is 0. The van der Waals surface area contributed by atoms with Crippen LogP contribution in [0.15, 0.2) is 0 Å². The molecule has 0 aliphatic heterocycles. The minimum Gasteiger partial charge on any atom is -0.251 e. The lowest BCUT2D eigenvalue weighted by Gasteiger charge is -1.90. The predicted octanol–water partition coefficient (Wildman–Crippen LogP) is 3.66. The summed E-state index contributed by atoms with van der Waals surface area (Å²) in [5.41, 5.74) is 0. The van der Waals surface area contributed by atoms with Crippen LogP contribution in [0.3, 0.4) is 0 Å². The minimum atomic E-state index is -0.194. The van der Waals surface area contributed by atoms with E-state index in [-0.39, 0.29) is 12.6 Å². The molecule has 0 bridgehead atoms. The monoisotopic (exact) mass is 148 g/mol. The van der Waals surface area contributed by atoms with Gasteiger partial charge in [0.15, 0.2) is 0 Å². The molecule has 0 saturated heterocycles. The molecule has 0 nitrogen and oxygen atoms in total. The Morgan fingerprint density at radius 2 is 1.20 bits per heavy atom. The first-order valence-electron chi connectivity index (χ1n) is 4.10. The van der Waals surface area contributed by atoms with Gasteiger partial charge >= 0.3 is 0 Å². The van der Waals surface area contributed by atoms with Crippen LogP contribution in [0, 0.1) is 11.8 Å². The molecule has 0 aromatic heterocycles. The van der Waals surface area contributed by atoms with Crippen molar-refractivity contribution < 1.29 is 4.39 Å². The highest BCUT2D eigenvalue weighted by molar-refractivity contribution is 4.33. The Labute approximate surface area is 64.8 Å². The van der Waals surface area contributed by atoms with Crippen LogP contribution in [-0.4, -0.2) is 6.67 Å². The first-order chi connectivity index (χ1) is 4.54. The number of halogens is 1. The second kappa shape index (κ2) is 8.93. The Morgan fingerprint density at radius 1 is 1.00 bits per heavy atom. The lowest BCUT2D eigenvalue weighted by Crippen LogP contribution is -1.84. The zero-order valence-corrected chi connectivity index (χ0v) is 7.95. The highest BCUT2D eigenvalue weighted by Crippen LogP contribution is 1.93. The predicted molar refractivity (Wildman–Crippen MR) is 45.9 cm³/mol. The van der Waals surface area contributed by atoms with Crippen LogP contribution in [0.1, 0.15) is 41.0 Å². The largest absolute Gasteiger partial charge is 0.251 e. The van der Waals surface area contributed by atoms with Gasteiger partial charge in [0, 0.05) is 0 Å². The van der Waals surface area contributed by atoms with Crippen LogP contribution in [-0.2, 0) is 0 Å². The summed E-state index contributed by atoms with van der Waals surface area (Å²) in [6.45, 7) is 10.1. The quantitative estimate of drug-likeness (QED) is 0.560. The molecule has 0 aliphatic carbocycles. The normalized spacial score (nSPS) is 9.60. The molecule has 0 N–H and O–H groups in total. The van der Waals surface area contributed by atoms with Crippen LogP contribution < -0.4 is 0 Å². The highest BCUT2D eigenvalue weighted by Gasteiger charge is 1.83. The molecule has 0 saturated carbocycles. The maximum atomic E-state index is 11.1. The minimum absolute atomic E-state index is 0.194. The SMILES string of the molecule is CC(C)CF.CCC(C)C. The molecule has 0 aromatic carbocycles. The van der Waals surface area contributed by atoms with Crippen molar-refractivity contribution in [1.82, 2.24) is 0 Å². The third-order valence-electron chi connectivity index (χ3n) is 1.13. The summed E-state index contributed by atoms with van der Waals surface area (Å²) in [5.74, 6) is 1.10. The molecular formula is C9H21F. The van der Waals surface area contributed by atoms with Gasteiger partial charge in [-0.1, -0.05) is 41.0 Å². The van der Waals surface area contributed by atoms with Crippen molar-refractivity contribution in [2.45, 2.75) is 41.0 Å². The molecule has 10 heavy (non-hydrogen) atoms. The Hall–Kier alpha value is -0.0700. The van der Waals surface area contributed by atoms with Crippen molar-refractivity contribution in [3.8, 4) is 0 Å². The molecular weight excluding hydrogens is 127 g/mol. The van der Waals surface area contributed by atoms with Crippen molar-refractivity contribution in [1.29, 1.82) is 0 Å². The fourth-order valence-electron chi connectivity index (χ4n) is 0. The fourth-order valence-corrected chi connectivity index (χ4v) is 0. The van der Waals surface area contributed by atoms with Crippen LogP contribution >= 0.6 is 0 Å². The first-order valence-corrected chi connectivity index (χ1v) is 4.10. The van der Waals surface area contributed by atoms with Gasteiger partial charge in [-0.2, -0.15) is 0 Å². The van der Waals surface area contributed by atoms with Crippen molar-refractivity contribution >= 4 is 0 Å². The van der Waals surface area contributed by atoms with Crippen LogP contribution in [0.2, 0.25) is 0 Å². The zero-order chi connectivity index (χ0) is 8.57. The molecule has 0 heterocycles. The number of rotatable bonds is 2. The smallest absolute Gasteiger partial charge is 0.0917 e. The Balaban J connectivity index is 0. The second-order valence-electron chi connectivity index (χ2n) is 3.35. The van der Waals surface area contributed by atoms with E-state index in [0.29, 0.717) is 0 Å². The first kappa shape index (κ1) is 12.6. The van der Waals surface area contributed by atoms with Crippen molar-refractivity contribution in [2.75, 3.05) is 6.67 Å². The summed E-state index contributed by atoms with van der Waals surface area (Å²) in [5, 5.41) is 0. The number of hydrogen-bond acceptors (Lipinski definition) is 0. The molecule has 0 fully saturated rings. The Kier molecular flexibility index (Phi) is 11.2. The van der Waals surface area contributed by atoms with Crippen molar-refractivity contribution in [2.24, 2.45) is 11.8 Å². The van der Waals surface area contributed by atoms with Gasteiger partial charge < -0.3 is 0 Å². The van der Waals surface area contributed by atoms with Gasteiger partial charge in [-0.3, -0.25) is 4.39 Å². The molecule has 0 atom stereocenters. The van der Waals surface area contributed by atoms with Crippen LogP contribution in [0.5, 0.6) is 0 Å². The average molecular weight is 148 g/mol. The summed E-state index contributed by atoms with van der Waals surface area (Å²) < 4.78 is 11.1. The molecule has 0 aliphatic rings. The van der Waals surface area contributed by atoms with E-state index >= 15 is 0 Å². The molecule has 0 unspecified atom stereocenters. The van der Waals surface area contributed by atoms with E-state index in [1.54, 1.807) is 0 Å². The van der Waals surface area contributed by atoms with Crippen LogP contribution in [0.25, 0.3) is 0 Å². The summed E-state index contributed by atoms with van der Waals surface area (Å²) in [7, 11) is 0. The molecule has 0 radical (unpaired) electrons. The Bertz CT molecular complexity index is 40.7. The summed E-state index contributed by atoms with van der Waals surface area (Å²) in [6.07, 6.45) is 1.31. The van der Waals surface area contributed by atoms with Gasteiger partial charge in [-0.15, -0.1) is 0 Å². The van der Waals surface area contributed by atoms with E-state index < -0.39 is 0 Å². The lowest BCUT2D eigenvalue weighted by atomic mass is 10.2. The van der Waals surface area contributed by atoms with Gasteiger partial charge in [-0.05, 0) is 11.8 Å². The summed E-state index contributed by atoms with van der Waals surface area (Å²) >= 11 is 0. The van der Waals surface area contributed by atoms with E-state index in [2.05, 4.69) is 20.8 Å². The van der Waals surface area contributed by atoms with E-state index in [9.17, 15) is 4.39 Å². The van der Waals surface area contributed by atoms with Gasteiger partial charge in [0.1, 0.15) is 0 Å². The van der Waals surface area contributed by atoms with E-state index in [1.807, 2.05) is 13.8 Å². The van der Waals surface area contributed by atoms with Gasteiger partial charge in [-0.25, -0.2) is 0 Å². The fraction of sp³-hybridized carbons (Fsp3) is 1.00. The van der Waals surface area contributed by atoms with Gasteiger partial charge in [0.05, 0.1) is 6.67 Å². The molecule has 0 spiro atoms. The van der Waals surface area contributed by atoms with E-state index in [4.69, 9.17) is 0 Å². The molecule has 0 aromatic rings. The maximum Gasteiger partial charge on any atom is 0.0917 e. The van der Waals surface area contributed by atoms with E-state index in [0.717, 1.165) is 5.92 Å². The van der Waals surface area contributed by atoms with Crippen molar-refractivity contribution in [3.05, 3.63) is 0 Å². The molecule has 1 heteroatoms. The lowest BCUT2D eigenvalue weighted by molar-refractivity contribution is 0.404. The highest BCUT2D eigenvalue weighted by atomic mass is 19.1. The third kappa shape index (κ3) is 24.7. The van der Waals surface area contributed by atoms with Crippen molar-refractivity contribution in [3.63, 3.8) is 0 Å². The summed E-state index contributed by atoms with van der Waals surface area (Å²) in [6, 6.07) is 0. The van der Waals surface area contributed by atoms with Crippen LogP contribution in [0.4, 0.5) is 4.39 Å². The zero-order valence-electron chi connectivity index (χ0n) is 7.95. The van der Waals surface area contributed by atoms with Gasteiger partial charge in [0.2, 0.25) is 0 Å². The molecule has 0 amide bonds.